The van der Waals surface area contributed by atoms with Crippen LogP contribution in [0.5, 0.6) is 5.75 Å². The van der Waals surface area contributed by atoms with Crippen LogP contribution < -0.4 is 10.1 Å². The van der Waals surface area contributed by atoms with Crippen molar-refractivity contribution in [1.82, 2.24) is 5.32 Å². The number of benzene rings is 2. The van der Waals surface area contributed by atoms with Crippen molar-refractivity contribution in [3.05, 3.63) is 42.0 Å². The SMILES string of the molecule is CCNCc1c(OCC2CCCC2)ccc2ccccc12. The van der Waals surface area contributed by atoms with Crippen molar-refractivity contribution in [3.63, 3.8) is 0 Å². The molecule has 0 bridgehead atoms. The fourth-order valence-corrected chi connectivity index (χ4v) is 3.27. The van der Waals surface area contributed by atoms with E-state index >= 15 is 0 Å². The van der Waals surface area contributed by atoms with Crippen molar-refractivity contribution in [2.45, 2.75) is 39.2 Å². The minimum Gasteiger partial charge on any atom is -0.493 e. The van der Waals surface area contributed by atoms with Crippen LogP contribution in [0, 0.1) is 5.92 Å². The fraction of sp³-hybridized carbons (Fsp3) is 0.474. The molecule has 0 amide bonds. The molecular formula is C19H25NO. The number of hydrogen-bond acceptors (Lipinski definition) is 2. The molecule has 0 saturated heterocycles. The molecule has 1 N–H and O–H groups in total. The lowest BCUT2D eigenvalue weighted by atomic mass is 10.0. The van der Waals surface area contributed by atoms with E-state index in [9.17, 15) is 0 Å². The quantitative estimate of drug-likeness (QED) is 0.841. The van der Waals surface area contributed by atoms with Gasteiger partial charge in [0.1, 0.15) is 5.75 Å². The normalized spacial score (nSPS) is 15.7. The number of nitrogens with one attached hydrogen (secondary N) is 1. The highest BCUT2D eigenvalue weighted by Crippen LogP contribution is 2.30. The molecule has 2 nitrogen and oxygen atoms in total. The van der Waals surface area contributed by atoms with Gasteiger partial charge in [0.05, 0.1) is 6.61 Å². The summed E-state index contributed by atoms with van der Waals surface area (Å²) in [6.45, 7) is 4.87. The maximum atomic E-state index is 6.19. The first-order valence-electron chi connectivity index (χ1n) is 8.22. The van der Waals surface area contributed by atoms with E-state index < -0.39 is 0 Å². The standard InChI is InChI=1S/C19H25NO/c1-2-20-13-18-17-10-6-5-9-16(17)11-12-19(18)21-14-15-7-3-4-8-15/h5-6,9-12,15,20H,2-4,7-8,13-14H2,1H3. The molecule has 1 saturated carbocycles. The average Bonchev–Trinajstić information content (AvgIpc) is 3.04. The predicted octanol–water partition coefficient (Wildman–Crippen LogP) is 4.52. The van der Waals surface area contributed by atoms with Crippen LogP contribution in [0.4, 0.5) is 0 Å². The molecule has 0 heterocycles. The topological polar surface area (TPSA) is 21.3 Å². The fourth-order valence-electron chi connectivity index (χ4n) is 3.27. The lowest BCUT2D eigenvalue weighted by Gasteiger charge is -2.17. The molecule has 21 heavy (non-hydrogen) atoms. The molecule has 1 aliphatic rings. The van der Waals surface area contributed by atoms with Crippen molar-refractivity contribution in [1.29, 1.82) is 0 Å². The van der Waals surface area contributed by atoms with Gasteiger partial charge in [0.15, 0.2) is 0 Å². The maximum Gasteiger partial charge on any atom is 0.124 e. The van der Waals surface area contributed by atoms with Gasteiger partial charge in [-0.25, -0.2) is 0 Å². The third-order valence-corrected chi connectivity index (χ3v) is 4.50. The van der Waals surface area contributed by atoms with Gasteiger partial charge < -0.3 is 10.1 Å². The Bertz CT molecular complexity index is 587. The Morgan fingerprint density at radius 2 is 1.90 bits per heavy atom. The molecular weight excluding hydrogens is 258 g/mol. The molecule has 0 spiro atoms. The second-order valence-electron chi connectivity index (χ2n) is 6.01. The second kappa shape index (κ2) is 6.95. The van der Waals surface area contributed by atoms with Crippen molar-refractivity contribution in [2.75, 3.05) is 13.2 Å². The zero-order chi connectivity index (χ0) is 14.5. The Balaban J connectivity index is 1.84. The summed E-state index contributed by atoms with van der Waals surface area (Å²) in [4.78, 5) is 0. The zero-order valence-electron chi connectivity index (χ0n) is 12.9. The highest BCUT2D eigenvalue weighted by Gasteiger charge is 2.16. The first-order valence-corrected chi connectivity index (χ1v) is 8.22. The molecule has 0 unspecified atom stereocenters. The molecule has 1 aliphatic carbocycles. The summed E-state index contributed by atoms with van der Waals surface area (Å²) in [5.74, 6) is 1.81. The first-order chi connectivity index (χ1) is 10.4. The third-order valence-electron chi connectivity index (χ3n) is 4.50. The van der Waals surface area contributed by atoms with E-state index in [1.807, 2.05) is 0 Å². The van der Waals surface area contributed by atoms with Crippen molar-refractivity contribution >= 4 is 10.8 Å². The molecule has 0 aromatic heterocycles. The van der Waals surface area contributed by atoms with E-state index in [0.29, 0.717) is 0 Å². The van der Waals surface area contributed by atoms with Gasteiger partial charge in [0.2, 0.25) is 0 Å². The van der Waals surface area contributed by atoms with Crippen LogP contribution in [0.2, 0.25) is 0 Å². The van der Waals surface area contributed by atoms with Crippen LogP contribution in [0.1, 0.15) is 38.2 Å². The maximum absolute atomic E-state index is 6.19. The van der Waals surface area contributed by atoms with Crippen LogP contribution in [0.3, 0.4) is 0 Å². The molecule has 2 heteroatoms. The highest BCUT2D eigenvalue weighted by atomic mass is 16.5. The monoisotopic (exact) mass is 283 g/mol. The Morgan fingerprint density at radius 1 is 1.10 bits per heavy atom. The van der Waals surface area contributed by atoms with Gasteiger partial charge in [-0.2, -0.15) is 0 Å². The average molecular weight is 283 g/mol. The predicted molar refractivity (Wildman–Crippen MR) is 88.8 cm³/mol. The molecule has 0 atom stereocenters. The minimum atomic E-state index is 0.753. The smallest absolute Gasteiger partial charge is 0.124 e. The number of ether oxygens (including phenoxy) is 1. The summed E-state index contributed by atoms with van der Waals surface area (Å²) < 4.78 is 6.19. The summed E-state index contributed by atoms with van der Waals surface area (Å²) in [6.07, 6.45) is 5.40. The summed E-state index contributed by atoms with van der Waals surface area (Å²) >= 11 is 0. The summed E-state index contributed by atoms with van der Waals surface area (Å²) in [7, 11) is 0. The van der Waals surface area contributed by atoms with Gasteiger partial charge in [-0.15, -0.1) is 0 Å². The summed E-state index contributed by atoms with van der Waals surface area (Å²) in [5, 5.41) is 6.04. The van der Waals surface area contributed by atoms with Gasteiger partial charge in [0.25, 0.3) is 0 Å². The molecule has 3 rings (SSSR count). The molecule has 0 aliphatic heterocycles. The number of rotatable bonds is 6. The van der Waals surface area contributed by atoms with Gasteiger partial charge in [-0.05, 0) is 42.1 Å². The largest absolute Gasteiger partial charge is 0.493 e. The first kappa shape index (κ1) is 14.4. The van der Waals surface area contributed by atoms with E-state index in [1.54, 1.807) is 0 Å². The van der Waals surface area contributed by atoms with Crippen molar-refractivity contribution < 1.29 is 4.74 Å². The molecule has 0 radical (unpaired) electrons. The molecule has 2 aromatic carbocycles. The van der Waals surface area contributed by atoms with Crippen LogP contribution in [-0.2, 0) is 6.54 Å². The lowest BCUT2D eigenvalue weighted by Crippen LogP contribution is -2.15. The van der Waals surface area contributed by atoms with E-state index in [2.05, 4.69) is 48.6 Å². The number of fused-ring (bicyclic) bond motifs is 1. The van der Waals surface area contributed by atoms with E-state index in [0.717, 1.165) is 31.4 Å². The Kier molecular flexibility index (Phi) is 4.76. The third kappa shape index (κ3) is 3.38. The summed E-state index contributed by atoms with van der Waals surface area (Å²) in [6, 6.07) is 12.9. The molecule has 112 valence electrons. The van der Waals surface area contributed by atoms with E-state index in [1.165, 1.54) is 42.0 Å². The highest BCUT2D eigenvalue weighted by molar-refractivity contribution is 5.87. The Morgan fingerprint density at radius 3 is 2.71 bits per heavy atom. The van der Waals surface area contributed by atoms with Crippen LogP contribution in [0.25, 0.3) is 10.8 Å². The van der Waals surface area contributed by atoms with E-state index in [-0.39, 0.29) is 0 Å². The molecule has 2 aromatic rings. The van der Waals surface area contributed by atoms with Crippen LogP contribution in [-0.4, -0.2) is 13.2 Å². The summed E-state index contributed by atoms with van der Waals surface area (Å²) in [5.41, 5.74) is 1.30. The number of hydrogen-bond donors (Lipinski definition) is 1. The Labute approximate surface area is 127 Å². The van der Waals surface area contributed by atoms with Crippen molar-refractivity contribution in [2.24, 2.45) is 5.92 Å². The molecule has 1 fully saturated rings. The van der Waals surface area contributed by atoms with Gasteiger partial charge in [-0.3, -0.25) is 0 Å². The zero-order valence-corrected chi connectivity index (χ0v) is 12.9. The van der Waals surface area contributed by atoms with Gasteiger partial charge >= 0.3 is 0 Å². The van der Waals surface area contributed by atoms with Crippen molar-refractivity contribution in [3.8, 4) is 5.75 Å². The van der Waals surface area contributed by atoms with E-state index in [4.69, 9.17) is 4.74 Å². The van der Waals surface area contributed by atoms with Gasteiger partial charge in [0, 0.05) is 12.1 Å². The Hall–Kier alpha value is -1.54. The van der Waals surface area contributed by atoms with Crippen LogP contribution in [0.15, 0.2) is 36.4 Å². The minimum absolute atomic E-state index is 0.753. The lowest BCUT2D eigenvalue weighted by molar-refractivity contribution is 0.250. The van der Waals surface area contributed by atoms with Gasteiger partial charge in [-0.1, -0.05) is 50.1 Å². The van der Waals surface area contributed by atoms with Crippen LogP contribution >= 0.6 is 0 Å². The second-order valence-corrected chi connectivity index (χ2v) is 6.01.